The number of amides is 1. The Kier molecular flexibility index (Phi) is 5.45. The molecule has 1 aliphatic carbocycles. The van der Waals surface area contributed by atoms with Crippen molar-refractivity contribution in [1.29, 1.82) is 0 Å². The number of carboxylic acid groups (broad SMARTS) is 1. The summed E-state index contributed by atoms with van der Waals surface area (Å²) in [6.07, 6.45) is 6.82. The Balaban J connectivity index is 0.000000481. The Morgan fingerprint density at radius 2 is 2.11 bits per heavy atom. The third-order valence-corrected chi connectivity index (χ3v) is 3.84. The molecule has 1 amide bonds. The summed E-state index contributed by atoms with van der Waals surface area (Å²) in [6, 6.07) is 7.89. The number of hydrogen-bond donors (Lipinski definition) is 3. The summed E-state index contributed by atoms with van der Waals surface area (Å²) in [5.74, 6) is 1.38. The molecular formula is C17H19N7O3. The van der Waals surface area contributed by atoms with Gasteiger partial charge in [-0.15, -0.1) is 5.10 Å². The molecule has 0 radical (unpaired) electrons. The van der Waals surface area contributed by atoms with Crippen molar-refractivity contribution in [3.05, 3.63) is 42.6 Å². The standard InChI is InChI=1S/C16H16N6O.CH3NO2/c1-23-13-8-6-12(7-9-13)22-15-14(20-21-22)10-17-16(19-15)18-11-4-2-3-5-11;2-1(3)4/h2,4,6-11H,3,5H2,1H3,(H,17,18,19);2H2,(H,3,4)/t11-;/m1./s1. The highest BCUT2D eigenvalue weighted by molar-refractivity contribution is 5.72. The van der Waals surface area contributed by atoms with Crippen LogP contribution in [0, 0.1) is 0 Å². The number of allylic oxidation sites excluding steroid dienone is 1. The lowest BCUT2D eigenvalue weighted by Crippen LogP contribution is -2.15. The molecule has 140 valence electrons. The van der Waals surface area contributed by atoms with Crippen molar-refractivity contribution in [2.75, 3.05) is 12.4 Å². The predicted molar refractivity (Wildman–Crippen MR) is 99.0 cm³/mol. The minimum atomic E-state index is -1.33. The maximum absolute atomic E-state index is 8.78. The normalized spacial score (nSPS) is 15.2. The first-order chi connectivity index (χ1) is 13.1. The number of carbonyl (C=O) groups is 1. The fourth-order valence-electron chi connectivity index (χ4n) is 2.61. The van der Waals surface area contributed by atoms with Gasteiger partial charge >= 0.3 is 6.09 Å². The van der Waals surface area contributed by atoms with Crippen LogP contribution in [-0.2, 0) is 0 Å². The number of ether oxygens (including phenoxy) is 1. The highest BCUT2D eigenvalue weighted by Crippen LogP contribution is 2.19. The van der Waals surface area contributed by atoms with Gasteiger partial charge in [0.1, 0.15) is 5.75 Å². The van der Waals surface area contributed by atoms with E-state index < -0.39 is 6.09 Å². The van der Waals surface area contributed by atoms with Gasteiger partial charge in [-0.1, -0.05) is 17.4 Å². The first-order valence-corrected chi connectivity index (χ1v) is 8.21. The first kappa shape index (κ1) is 18.1. The number of benzene rings is 1. The highest BCUT2D eigenvalue weighted by Gasteiger charge is 2.13. The smallest absolute Gasteiger partial charge is 0.402 e. The second-order valence-corrected chi connectivity index (χ2v) is 5.70. The molecule has 10 nitrogen and oxygen atoms in total. The van der Waals surface area contributed by atoms with Crippen molar-refractivity contribution in [3.8, 4) is 11.4 Å². The van der Waals surface area contributed by atoms with Crippen LogP contribution in [0.1, 0.15) is 12.8 Å². The van der Waals surface area contributed by atoms with Crippen LogP contribution in [0.2, 0.25) is 0 Å². The second kappa shape index (κ2) is 8.13. The third-order valence-electron chi connectivity index (χ3n) is 3.84. The summed E-state index contributed by atoms with van der Waals surface area (Å²) >= 11 is 0. The molecule has 2 heterocycles. The van der Waals surface area contributed by atoms with Gasteiger partial charge in [-0.3, -0.25) is 0 Å². The number of nitrogens with two attached hydrogens (primary N) is 1. The van der Waals surface area contributed by atoms with E-state index in [0.29, 0.717) is 17.1 Å². The van der Waals surface area contributed by atoms with E-state index in [9.17, 15) is 0 Å². The van der Waals surface area contributed by atoms with Gasteiger partial charge in [-0.2, -0.15) is 9.67 Å². The molecule has 10 heteroatoms. The minimum Gasteiger partial charge on any atom is -0.497 e. The van der Waals surface area contributed by atoms with Crippen LogP contribution in [0.4, 0.5) is 10.7 Å². The van der Waals surface area contributed by atoms with Crippen LogP contribution in [0.25, 0.3) is 16.9 Å². The number of rotatable bonds is 4. The van der Waals surface area contributed by atoms with Crippen LogP contribution < -0.4 is 15.8 Å². The second-order valence-electron chi connectivity index (χ2n) is 5.70. The van der Waals surface area contributed by atoms with Crippen molar-refractivity contribution >= 4 is 23.2 Å². The Morgan fingerprint density at radius 1 is 1.37 bits per heavy atom. The summed E-state index contributed by atoms with van der Waals surface area (Å²) in [5.41, 5.74) is 6.24. The molecule has 27 heavy (non-hydrogen) atoms. The molecule has 4 rings (SSSR count). The number of methoxy groups -OCH3 is 1. The number of fused-ring (bicyclic) bond motifs is 1. The monoisotopic (exact) mass is 369 g/mol. The van der Waals surface area contributed by atoms with E-state index in [-0.39, 0.29) is 6.04 Å². The highest BCUT2D eigenvalue weighted by atomic mass is 16.5. The number of hydrogen-bond acceptors (Lipinski definition) is 7. The van der Waals surface area contributed by atoms with E-state index >= 15 is 0 Å². The van der Waals surface area contributed by atoms with Gasteiger partial charge in [-0.25, -0.2) is 9.78 Å². The van der Waals surface area contributed by atoms with Crippen molar-refractivity contribution in [2.45, 2.75) is 18.9 Å². The average molecular weight is 369 g/mol. The minimum absolute atomic E-state index is 0.290. The first-order valence-electron chi connectivity index (χ1n) is 8.21. The molecule has 1 atom stereocenters. The molecule has 0 bridgehead atoms. The van der Waals surface area contributed by atoms with Crippen molar-refractivity contribution in [3.63, 3.8) is 0 Å². The van der Waals surface area contributed by atoms with Crippen LogP contribution >= 0.6 is 0 Å². The molecule has 0 spiro atoms. The van der Waals surface area contributed by atoms with Gasteiger partial charge in [-0.05, 0) is 37.1 Å². The molecule has 4 N–H and O–H groups in total. The van der Waals surface area contributed by atoms with Crippen LogP contribution in [0.5, 0.6) is 5.75 Å². The summed E-state index contributed by atoms with van der Waals surface area (Å²) < 4.78 is 6.88. The fourth-order valence-corrected chi connectivity index (χ4v) is 2.61. The topological polar surface area (TPSA) is 141 Å². The van der Waals surface area contributed by atoms with Gasteiger partial charge in [0.25, 0.3) is 0 Å². The number of nitrogens with one attached hydrogen (secondary N) is 1. The Morgan fingerprint density at radius 3 is 2.74 bits per heavy atom. The molecule has 3 aromatic rings. The lowest BCUT2D eigenvalue weighted by Gasteiger charge is -2.10. The van der Waals surface area contributed by atoms with E-state index in [1.807, 2.05) is 24.3 Å². The molecular weight excluding hydrogens is 350 g/mol. The van der Waals surface area contributed by atoms with Gasteiger partial charge in [0.15, 0.2) is 11.2 Å². The third kappa shape index (κ3) is 4.48. The van der Waals surface area contributed by atoms with E-state index in [1.165, 1.54) is 0 Å². The molecule has 0 saturated heterocycles. The summed E-state index contributed by atoms with van der Waals surface area (Å²) in [4.78, 5) is 17.7. The SMILES string of the molecule is COc1ccc(-n2nnc3cnc(N[C@@H]4C=CCC4)nc32)cc1.NC(=O)O. The molecule has 0 fully saturated rings. The Hall–Kier alpha value is -3.69. The zero-order valence-electron chi connectivity index (χ0n) is 14.6. The molecule has 1 aromatic carbocycles. The summed E-state index contributed by atoms with van der Waals surface area (Å²) in [6.45, 7) is 0. The maximum Gasteiger partial charge on any atom is 0.402 e. The molecule has 1 aliphatic rings. The molecule has 2 aromatic heterocycles. The molecule has 0 saturated carbocycles. The van der Waals surface area contributed by atoms with Crippen LogP contribution in [-0.4, -0.2) is 49.3 Å². The molecule has 0 unspecified atom stereocenters. The van der Waals surface area contributed by atoms with Gasteiger partial charge in [0.05, 0.1) is 19.0 Å². The fraction of sp³-hybridized carbons (Fsp3) is 0.235. The molecule has 0 aliphatic heterocycles. The Bertz CT molecular complexity index is 949. The lowest BCUT2D eigenvalue weighted by molar-refractivity contribution is 0.205. The number of nitrogens with zero attached hydrogens (tertiary/aromatic N) is 5. The van der Waals surface area contributed by atoms with Crippen molar-refractivity contribution in [1.82, 2.24) is 25.0 Å². The van der Waals surface area contributed by atoms with Crippen LogP contribution in [0.3, 0.4) is 0 Å². The van der Waals surface area contributed by atoms with E-state index in [0.717, 1.165) is 24.3 Å². The number of aromatic nitrogens is 5. The summed E-state index contributed by atoms with van der Waals surface area (Å²) in [5, 5.41) is 18.8. The van der Waals surface area contributed by atoms with Gasteiger partial charge in [0, 0.05) is 6.04 Å². The van der Waals surface area contributed by atoms with Crippen LogP contribution in [0.15, 0.2) is 42.6 Å². The van der Waals surface area contributed by atoms with E-state index in [4.69, 9.17) is 14.6 Å². The van der Waals surface area contributed by atoms with E-state index in [2.05, 4.69) is 43.5 Å². The van der Waals surface area contributed by atoms with Crippen molar-refractivity contribution < 1.29 is 14.6 Å². The summed E-state index contributed by atoms with van der Waals surface area (Å²) in [7, 11) is 1.64. The number of anilines is 1. The Labute approximate surface area is 154 Å². The van der Waals surface area contributed by atoms with Gasteiger partial charge < -0.3 is 20.9 Å². The van der Waals surface area contributed by atoms with E-state index in [1.54, 1.807) is 18.0 Å². The lowest BCUT2D eigenvalue weighted by atomic mass is 10.3. The average Bonchev–Trinajstić information content (AvgIpc) is 3.31. The number of primary amides is 1. The van der Waals surface area contributed by atoms with Crippen molar-refractivity contribution in [2.24, 2.45) is 5.73 Å². The zero-order chi connectivity index (χ0) is 19.2. The van der Waals surface area contributed by atoms with Gasteiger partial charge in [0.2, 0.25) is 5.95 Å². The predicted octanol–water partition coefficient (Wildman–Crippen LogP) is 1.97. The maximum atomic E-state index is 8.78. The quantitative estimate of drug-likeness (QED) is 0.593. The largest absolute Gasteiger partial charge is 0.497 e. The zero-order valence-corrected chi connectivity index (χ0v) is 14.6.